The van der Waals surface area contributed by atoms with E-state index in [-0.39, 0.29) is 40.2 Å². The van der Waals surface area contributed by atoms with E-state index in [9.17, 15) is 14.7 Å². The Kier molecular flexibility index (Phi) is 5.99. The van der Waals surface area contributed by atoms with E-state index in [1.165, 1.54) is 22.3 Å². The molecule has 5 heteroatoms. The lowest BCUT2D eigenvalue weighted by molar-refractivity contribution is -0.150. The Hall–Kier alpha value is -2.82. The zero-order valence-electron chi connectivity index (χ0n) is 24.0. The molecule has 0 aliphatic heterocycles. The highest BCUT2D eigenvalue weighted by molar-refractivity contribution is 6.00. The van der Waals surface area contributed by atoms with Gasteiger partial charge in [-0.2, -0.15) is 0 Å². The van der Waals surface area contributed by atoms with Crippen LogP contribution in [0.15, 0.2) is 36.4 Å². The monoisotopic (exact) mass is 528 g/mol. The molecule has 0 radical (unpaired) electrons. The minimum Gasteiger partial charge on any atom is -0.508 e. The van der Waals surface area contributed by atoms with Crippen LogP contribution in [0.2, 0.25) is 0 Å². The van der Waals surface area contributed by atoms with Crippen LogP contribution in [0, 0.1) is 22.7 Å². The molecule has 0 saturated heterocycles. The van der Waals surface area contributed by atoms with Crippen LogP contribution >= 0.6 is 0 Å². The fourth-order valence-corrected chi connectivity index (χ4v) is 9.86. The quantitative estimate of drug-likeness (QED) is 0.313. The number of hydrogen-bond acceptors (Lipinski definition) is 4. The van der Waals surface area contributed by atoms with Gasteiger partial charge in [0.2, 0.25) is 11.8 Å². The summed E-state index contributed by atoms with van der Waals surface area (Å²) in [6.45, 7) is 8.76. The fourth-order valence-electron chi connectivity index (χ4n) is 9.86. The van der Waals surface area contributed by atoms with E-state index >= 15 is 0 Å². The van der Waals surface area contributed by atoms with Crippen molar-refractivity contribution < 1.29 is 14.7 Å². The lowest BCUT2D eigenvalue weighted by atomic mass is 9.49. The Morgan fingerprint density at radius 1 is 0.769 bits per heavy atom. The number of nitrogen functional groups attached to an aromatic ring is 1. The second-order valence-corrected chi connectivity index (χ2v) is 14.1. The summed E-state index contributed by atoms with van der Waals surface area (Å²) in [5.41, 5.74) is 10.5. The summed E-state index contributed by atoms with van der Waals surface area (Å²) in [5.74, 6) is 0.357. The topological polar surface area (TPSA) is 92.4 Å². The number of phenols is 1. The van der Waals surface area contributed by atoms with E-state index in [4.69, 9.17) is 5.73 Å². The summed E-state index contributed by atoms with van der Waals surface area (Å²) >= 11 is 0. The van der Waals surface area contributed by atoms with Gasteiger partial charge >= 0.3 is 0 Å². The van der Waals surface area contributed by atoms with Gasteiger partial charge in [-0.25, -0.2) is 0 Å². The molecule has 2 saturated carbocycles. The molecule has 4 N–H and O–H groups in total. The number of nitrogens with two attached hydrogens (primary N) is 1. The predicted octanol–water partition coefficient (Wildman–Crippen LogP) is 6.34. The second-order valence-electron chi connectivity index (χ2n) is 14.1. The summed E-state index contributed by atoms with van der Waals surface area (Å²) in [5, 5.41) is 13.3. The standard InChI is InChI=1S/C34H44N2O3/c1-31-15-5-17-33(3,27(31)13-9-21-7-11-23(35)19-25(21)31)29(38)36-30(39)34(4)18-6-16-32(2)26-20-24(37)12-8-22(26)10-14-28(32)34/h7-8,11-12,19-20,27-28,37H,5-6,9-10,13-18,35H2,1-4H3,(H,36,38,39)/t27?,28-,31-,32-,33+,34+/m1/s1. The van der Waals surface area contributed by atoms with E-state index in [0.717, 1.165) is 69.9 Å². The number of aromatic hydroxyl groups is 1. The lowest BCUT2D eigenvalue weighted by Crippen LogP contribution is -2.60. The summed E-state index contributed by atoms with van der Waals surface area (Å²) in [6, 6.07) is 12.0. The SMILES string of the molecule is C[C@]1(C(=O)NC(=O)[C@@]2(C)CCC[C@]3(C)c4cc(O)ccc4CC[C@@H]23)CCC[C@]2(C)c3cc(N)ccc3CCC12. The first kappa shape index (κ1) is 26.4. The average molecular weight is 529 g/mol. The summed E-state index contributed by atoms with van der Waals surface area (Å²) in [4.78, 5) is 28.4. The number of hydrogen-bond donors (Lipinski definition) is 3. The highest BCUT2D eigenvalue weighted by Crippen LogP contribution is 2.59. The Bertz CT molecular complexity index is 1250. The largest absolute Gasteiger partial charge is 0.508 e. The van der Waals surface area contributed by atoms with Gasteiger partial charge in [0.1, 0.15) is 5.75 Å². The van der Waals surface area contributed by atoms with Crippen molar-refractivity contribution in [1.82, 2.24) is 5.32 Å². The van der Waals surface area contributed by atoms with Gasteiger partial charge in [0.15, 0.2) is 0 Å². The van der Waals surface area contributed by atoms with Crippen molar-refractivity contribution in [2.75, 3.05) is 5.73 Å². The van der Waals surface area contributed by atoms with Crippen LogP contribution in [0.1, 0.15) is 101 Å². The molecule has 6 atom stereocenters. The van der Waals surface area contributed by atoms with Crippen molar-refractivity contribution in [2.24, 2.45) is 22.7 Å². The fraction of sp³-hybridized carbons (Fsp3) is 0.588. The van der Waals surface area contributed by atoms with Crippen LogP contribution in [0.3, 0.4) is 0 Å². The number of benzene rings is 2. The number of phenolic OH excluding ortho intramolecular Hbond substituents is 1. The third kappa shape index (κ3) is 3.78. The van der Waals surface area contributed by atoms with Gasteiger partial charge < -0.3 is 10.8 Å². The molecule has 2 fully saturated rings. The van der Waals surface area contributed by atoms with E-state index in [0.29, 0.717) is 0 Å². The van der Waals surface area contributed by atoms with E-state index in [1.807, 2.05) is 18.2 Å². The predicted molar refractivity (Wildman–Crippen MR) is 154 cm³/mol. The van der Waals surface area contributed by atoms with Crippen molar-refractivity contribution in [1.29, 1.82) is 0 Å². The Morgan fingerprint density at radius 3 is 1.79 bits per heavy atom. The number of fused-ring (bicyclic) bond motifs is 6. The average Bonchev–Trinajstić information content (AvgIpc) is 2.89. The number of rotatable bonds is 2. The maximum absolute atomic E-state index is 14.2. The zero-order chi connectivity index (χ0) is 27.8. The number of imide groups is 1. The van der Waals surface area contributed by atoms with E-state index in [1.54, 1.807) is 6.07 Å². The molecular weight excluding hydrogens is 484 g/mol. The van der Waals surface area contributed by atoms with Gasteiger partial charge in [-0.1, -0.05) is 52.7 Å². The number of nitrogens with one attached hydrogen (secondary N) is 1. The minimum atomic E-state index is -0.631. The van der Waals surface area contributed by atoms with Crippen LogP contribution in [0.4, 0.5) is 5.69 Å². The molecular formula is C34H44N2O3. The first-order valence-electron chi connectivity index (χ1n) is 15.0. The number of aryl methyl sites for hydroxylation is 2. The summed E-state index contributed by atoms with van der Waals surface area (Å²) in [6.07, 6.45) is 9.20. The van der Waals surface area contributed by atoms with Crippen LogP contribution in [0.5, 0.6) is 5.75 Å². The van der Waals surface area contributed by atoms with Crippen molar-refractivity contribution in [3.8, 4) is 5.75 Å². The molecule has 2 aromatic carbocycles. The van der Waals surface area contributed by atoms with Crippen molar-refractivity contribution >= 4 is 17.5 Å². The van der Waals surface area contributed by atoms with Crippen molar-refractivity contribution in [2.45, 2.75) is 103 Å². The maximum atomic E-state index is 14.2. The molecule has 0 heterocycles. The molecule has 4 aliphatic carbocycles. The van der Waals surface area contributed by atoms with Gasteiger partial charge in [-0.05, 0) is 121 Å². The van der Waals surface area contributed by atoms with Crippen LogP contribution in [-0.2, 0) is 33.3 Å². The molecule has 5 nitrogen and oxygen atoms in total. The Balaban J connectivity index is 1.28. The normalized spacial score (nSPS) is 37.0. The first-order chi connectivity index (χ1) is 18.4. The van der Waals surface area contributed by atoms with Gasteiger partial charge in [-0.15, -0.1) is 0 Å². The number of amides is 2. The van der Waals surface area contributed by atoms with E-state index < -0.39 is 10.8 Å². The van der Waals surface area contributed by atoms with Crippen LogP contribution in [-0.4, -0.2) is 16.9 Å². The summed E-state index contributed by atoms with van der Waals surface area (Å²) in [7, 11) is 0. The molecule has 0 aromatic heterocycles. The molecule has 39 heavy (non-hydrogen) atoms. The van der Waals surface area contributed by atoms with Crippen LogP contribution < -0.4 is 11.1 Å². The first-order valence-corrected chi connectivity index (χ1v) is 15.0. The van der Waals surface area contributed by atoms with Crippen molar-refractivity contribution in [3.05, 3.63) is 58.7 Å². The number of carbonyl (C=O) groups is 2. The number of anilines is 1. The van der Waals surface area contributed by atoms with Gasteiger partial charge in [0.25, 0.3) is 0 Å². The molecule has 1 unspecified atom stereocenters. The molecule has 208 valence electrons. The molecule has 0 bridgehead atoms. The zero-order valence-corrected chi connectivity index (χ0v) is 24.0. The molecule has 2 amide bonds. The minimum absolute atomic E-state index is 0.0990. The highest BCUT2D eigenvalue weighted by Gasteiger charge is 2.58. The Labute approximate surface area is 233 Å². The molecule has 4 aliphatic rings. The van der Waals surface area contributed by atoms with Gasteiger partial charge in [0, 0.05) is 5.69 Å². The molecule has 2 aromatic rings. The van der Waals surface area contributed by atoms with Gasteiger partial charge in [-0.3, -0.25) is 14.9 Å². The third-order valence-corrected chi connectivity index (χ3v) is 12.0. The van der Waals surface area contributed by atoms with E-state index in [2.05, 4.69) is 45.1 Å². The molecule has 0 spiro atoms. The molecule has 6 rings (SSSR count). The highest BCUT2D eigenvalue weighted by atomic mass is 16.3. The van der Waals surface area contributed by atoms with Gasteiger partial charge in [0.05, 0.1) is 10.8 Å². The second kappa shape index (κ2) is 8.84. The maximum Gasteiger partial charge on any atom is 0.232 e. The van der Waals surface area contributed by atoms with Crippen molar-refractivity contribution in [3.63, 3.8) is 0 Å². The third-order valence-electron chi connectivity index (χ3n) is 12.0. The summed E-state index contributed by atoms with van der Waals surface area (Å²) < 4.78 is 0. The lowest BCUT2D eigenvalue weighted by Gasteiger charge is -2.56. The number of carbonyl (C=O) groups excluding carboxylic acids is 2. The smallest absolute Gasteiger partial charge is 0.232 e. The Morgan fingerprint density at radius 2 is 1.26 bits per heavy atom. The van der Waals surface area contributed by atoms with Crippen LogP contribution in [0.25, 0.3) is 0 Å².